The van der Waals surface area contributed by atoms with Crippen molar-refractivity contribution in [1.82, 2.24) is 0 Å². The topological polar surface area (TPSA) is 71.4 Å². The fourth-order valence-electron chi connectivity index (χ4n) is 1.05. The predicted octanol–water partition coefficient (Wildman–Crippen LogP) is 0.584. The van der Waals surface area contributed by atoms with Crippen molar-refractivity contribution < 1.29 is 17.9 Å². The first-order chi connectivity index (χ1) is 6.31. The molecule has 0 aliphatic rings. The molecule has 0 amide bonds. The summed E-state index contributed by atoms with van der Waals surface area (Å²) in [6, 6.07) is 7.79. The highest BCUT2D eigenvalue weighted by molar-refractivity contribution is 7.98. The van der Waals surface area contributed by atoms with Crippen LogP contribution in [-0.2, 0) is 14.4 Å². The Hall–Kier alpha value is -0.640. The minimum atomic E-state index is -3.75. The van der Waals surface area contributed by atoms with Crippen LogP contribution in [0.1, 0.15) is 0 Å². The maximum atomic E-state index is 11.6. The molecule has 0 heterocycles. The van der Waals surface area contributed by atoms with Crippen LogP contribution in [0.4, 0.5) is 0 Å². The summed E-state index contributed by atoms with van der Waals surface area (Å²) in [5.41, 5.74) is -0.704. The molecule has 1 aromatic rings. The smallest absolute Gasteiger partial charge is 0.244 e. The monoisotopic (exact) mass is 234 g/mol. The van der Waals surface area contributed by atoms with E-state index >= 15 is 0 Å². The molecule has 1 aromatic carbocycles. The number of rotatable bonds is 3. The van der Waals surface area contributed by atoms with Crippen molar-refractivity contribution in [2.24, 2.45) is 0 Å². The number of sulfone groups is 1. The van der Waals surface area contributed by atoms with Gasteiger partial charge in [0.15, 0.2) is 9.84 Å². The lowest BCUT2D eigenvalue weighted by Crippen LogP contribution is -2.12. The van der Waals surface area contributed by atoms with Crippen LogP contribution in [0.5, 0.6) is 0 Å². The lowest BCUT2D eigenvalue weighted by Gasteiger charge is -2.09. The molecular weight excluding hydrogens is 223 g/mol. The van der Waals surface area contributed by atoms with E-state index in [0.29, 0.717) is 0 Å². The van der Waals surface area contributed by atoms with E-state index in [1.165, 1.54) is 12.1 Å². The predicted molar refractivity (Wildman–Crippen MR) is 55.6 cm³/mol. The van der Waals surface area contributed by atoms with E-state index < -0.39 is 22.7 Å². The molecule has 6 heteroatoms. The van der Waals surface area contributed by atoms with E-state index in [-0.39, 0.29) is 5.30 Å². The highest BCUT2D eigenvalue weighted by Crippen LogP contribution is 2.40. The van der Waals surface area contributed by atoms with Gasteiger partial charge >= 0.3 is 0 Å². The quantitative estimate of drug-likeness (QED) is 0.777. The molecule has 1 unspecified atom stereocenters. The van der Waals surface area contributed by atoms with Gasteiger partial charge in [0.1, 0.15) is 5.49 Å². The van der Waals surface area contributed by atoms with E-state index in [1.807, 2.05) is 0 Å². The molecule has 1 atom stereocenters. The molecule has 0 spiro atoms. The first-order valence-electron chi connectivity index (χ1n) is 3.86. The third-order valence-electron chi connectivity index (χ3n) is 1.57. The van der Waals surface area contributed by atoms with Crippen LogP contribution in [0.2, 0.25) is 0 Å². The number of benzene rings is 1. The Kier molecular flexibility index (Phi) is 3.14. The van der Waals surface area contributed by atoms with Gasteiger partial charge in [0.05, 0.1) is 0 Å². The minimum absolute atomic E-state index is 0.172. The van der Waals surface area contributed by atoms with Crippen LogP contribution in [0.3, 0.4) is 0 Å². The largest absolute Gasteiger partial charge is 0.340 e. The van der Waals surface area contributed by atoms with Crippen molar-refractivity contribution in [1.29, 1.82) is 0 Å². The summed E-state index contributed by atoms with van der Waals surface area (Å²) >= 11 is 0. The third-order valence-corrected chi connectivity index (χ3v) is 5.95. The van der Waals surface area contributed by atoms with Gasteiger partial charge in [-0.25, -0.2) is 8.42 Å². The molecule has 0 radical (unpaired) electrons. The van der Waals surface area contributed by atoms with Gasteiger partial charge in [0, 0.05) is 11.6 Å². The molecule has 0 saturated heterocycles. The van der Waals surface area contributed by atoms with Gasteiger partial charge in [-0.2, -0.15) is 0 Å². The molecule has 14 heavy (non-hydrogen) atoms. The Morgan fingerprint density at radius 1 is 1.29 bits per heavy atom. The molecule has 0 aromatic heterocycles. The van der Waals surface area contributed by atoms with Gasteiger partial charge < -0.3 is 4.89 Å². The normalized spacial score (nSPS) is 16.1. The van der Waals surface area contributed by atoms with Crippen molar-refractivity contribution in [2.45, 2.75) is 0 Å². The molecule has 1 N–H and O–H groups in total. The summed E-state index contributed by atoms with van der Waals surface area (Å²) in [6.45, 7) is 0. The Morgan fingerprint density at radius 3 is 2.21 bits per heavy atom. The second kappa shape index (κ2) is 3.85. The van der Waals surface area contributed by atoms with Crippen LogP contribution in [-0.4, -0.2) is 25.1 Å². The second-order valence-electron chi connectivity index (χ2n) is 3.09. The summed E-state index contributed by atoms with van der Waals surface area (Å²) in [5, 5.41) is 0.172. The van der Waals surface area contributed by atoms with E-state index in [1.54, 1.807) is 18.2 Å². The molecule has 78 valence electrons. The maximum absolute atomic E-state index is 11.6. The van der Waals surface area contributed by atoms with Gasteiger partial charge in [-0.3, -0.25) is 4.57 Å². The molecule has 0 bridgehead atoms. The fraction of sp³-hybridized carbons (Fsp3) is 0.250. The zero-order valence-corrected chi connectivity index (χ0v) is 9.33. The van der Waals surface area contributed by atoms with Gasteiger partial charge in [-0.05, 0) is 12.1 Å². The van der Waals surface area contributed by atoms with Crippen LogP contribution >= 0.6 is 7.37 Å². The minimum Gasteiger partial charge on any atom is -0.340 e. The maximum Gasteiger partial charge on any atom is 0.244 e. The van der Waals surface area contributed by atoms with Crippen LogP contribution in [0.15, 0.2) is 30.3 Å². The zero-order valence-electron chi connectivity index (χ0n) is 7.62. The summed E-state index contributed by atoms with van der Waals surface area (Å²) in [5.74, 6) is 0. The fourth-order valence-corrected chi connectivity index (χ4v) is 4.83. The average molecular weight is 234 g/mol. The van der Waals surface area contributed by atoms with E-state index in [0.717, 1.165) is 6.26 Å². The molecule has 0 saturated carbocycles. The molecule has 0 aliphatic carbocycles. The number of hydrogen-bond donors (Lipinski definition) is 1. The van der Waals surface area contributed by atoms with Gasteiger partial charge in [-0.1, -0.05) is 18.2 Å². The standard InChI is InChI=1S/C8H11O4PS/c1-14(11,12)7-13(9,10)8-5-3-2-4-6-8/h2-6H,7H2,1H3,(H,9,10). The van der Waals surface area contributed by atoms with Gasteiger partial charge in [-0.15, -0.1) is 0 Å². The van der Waals surface area contributed by atoms with Gasteiger partial charge in [0.25, 0.3) is 0 Å². The Morgan fingerprint density at radius 2 is 1.79 bits per heavy atom. The van der Waals surface area contributed by atoms with E-state index in [9.17, 15) is 17.9 Å². The molecule has 0 fully saturated rings. The summed E-state index contributed by atoms with van der Waals surface area (Å²) in [6.07, 6.45) is 0.943. The highest BCUT2D eigenvalue weighted by Gasteiger charge is 2.26. The summed E-state index contributed by atoms with van der Waals surface area (Å²) in [7, 11) is -7.20. The van der Waals surface area contributed by atoms with Crippen molar-refractivity contribution in [3.05, 3.63) is 30.3 Å². The van der Waals surface area contributed by atoms with Gasteiger partial charge in [0.2, 0.25) is 7.37 Å². The van der Waals surface area contributed by atoms with Crippen LogP contribution < -0.4 is 5.30 Å². The van der Waals surface area contributed by atoms with E-state index in [2.05, 4.69) is 0 Å². The lowest BCUT2D eigenvalue weighted by atomic mass is 10.4. The summed E-state index contributed by atoms with van der Waals surface area (Å²) < 4.78 is 33.4. The highest BCUT2D eigenvalue weighted by atomic mass is 32.2. The lowest BCUT2D eigenvalue weighted by molar-refractivity contribution is 0.493. The van der Waals surface area contributed by atoms with Crippen molar-refractivity contribution in [3.8, 4) is 0 Å². The average Bonchev–Trinajstić information content (AvgIpc) is 2.01. The van der Waals surface area contributed by atoms with Crippen molar-refractivity contribution >= 4 is 22.5 Å². The Labute approximate surface area is 83.0 Å². The molecule has 4 nitrogen and oxygen atoms in total. The molecule has 1 rings (SSSR count). The zero-order chi connectivity index (χ0) is 10.8. The Bertz CT molecular complexity index is 451. The first-order valence-corrected chi connectivity index (χ1v) is 7.77. The third kappa shape index (κ3) is 3.25. The Balaban J connectivity index is 3.04. The second-order valence-corrected chi connectivity index (χ2v) is 7.90. The SMILES string of the molecule is CS(=O)(=O)CP(=O)(O)c1ccccc1. The van der Waals surface area contributed by atoms with E-state index in [4.69, 9.17) is 0 Å². The van der Waals surface area contributed by atoms with Crippen molar-refractivity contribution in [3.63, 3.8) is 0 Å². The molecular formula is C8H11O4PS. The number of hydrogen-bond acceptors (Lipinski definition) is 3. The first kappa shape index (κ1) is 11.4. The van der Waals surface area contributed by atoms with Crippen molar-refractivity contribution in [2.75, 3.05) is 11.7 Å². The van der Waals surface area contributed by atoms with Crippen LogP contribution in [0, 0.1) is 0 Å². The molecule has 0 aliphatic heterocycles. The summed E-state index contributed by atoms with van der Waals surface area (Å²) in [4.78, 5) is 9.50. The van der Waals surface area contributed by atoms with Crippen LogP contribution in [0.25, 0.3) is 0 Å².